The van der Waals surface area contributed by atoms with Crippen LogP contribution in [0.1, 0.15) is 41.0 Å². The van der Waals surface area contributed by atoms with Crippen LogP contribution < -0.4 is 10.6 Å². The summed E-state index contributed by atoms with van der Waals surface area (Å²) in [7, 11) is 0. The van der Waals surface area contributed by atoms with Crippen molar-refractivity contribution < 1.29 is 14.0 Å². The molecule has 6 heteroatoms. The Morgan fingerprint density at radius 2 is 1.83 bits per heavy atom. The average molecular weight is 349 g/mol. The highest BCUT2D eigenvalue weighted by Gasteiger charge is 2.17. The van der Waals surface area contributed by atoms with Crippen molar-refractivity contribution in [3.63, 3.8) is 0 Å². The van der Waals surface area contributed by atoms with Crippen LogP contribution in [0.15, 0.2) is 42.5 Å². The Labute approximate surface area is 145 Å². The molecule has 0 aliphatic rings. The number of anilines is 1. The lowest BCUT2D eigenvalue weighted by molar-refractivity contribution is 0.0940. The first-order valence-corrected chi connectivity index (χ1v) is 7.96. The predicted octanol–water partition coefficient (Wildman–Crippen LogP) is 4.26. The number of halogens is 2. The van der Waals surface area contributed by atoms with Gasteiger partial charge < -0.3 is 10.6 Å². The molecule has 2 aromatic rings. The van der Waals surface area contributed by atoms with Crippen molar-refractivity contribution in [1.82, 2.24) is 5.32 Å². The first kappa shape index (κ1) is 17.9. The molecule has 1 atom stereocenters. The van der Waals surface area contributed by atoms with E-state index in [9.17, 15) is 14.0 Å². The van der Waals surface area contributed by atoms with E-state index in [1.807, 2.05) is 13.8 Å². The molecule has 0 spiro atoms. The van der Waals surface area contributed by atoms with Gasteiger partial charge in [-0.25, -0.2) is 4.39 Å². The molecule has 0 aliphatic carbocycles. The van der Waals surface area contributed by atoms with Crippen LogP contribution in [0.5, 0.6) is 0 Å². The van der Waals surface area contributed by atoms with Crippen molar-refractivity contribution in [3.8, 4) is 0 Å². The first-order valence-electron chi connectivity index (χ1n) is 7.58. The van der Waals surface area contributed by atoms with Crippen molar-refractivity contribution in [1.29, 1.82) is 0 Å². The SMILES string of the molecule is CC[C@@H](C)NC(=O)c1ccccc1NC(=O)c1ccc(Cl)cc1F. The third kappa shape index (κ3) is 4.32. The Morgan fingerprint density at radius 3 is 2.50 bits per heavy atom. The molecular weight excluding hydrogens is 331 g/mol. The topological polar surface area (TPSA) is 58.2 Å². The summed E-state index contributed by atoms with van der Waals surface area (Å²) in [4.78, 5) is 24.6. The third-order valence-corrected chi connectivity index (χ3v) is 3.82. The van der Waals surface area contributed by atoms with Crippen LogP contribution in [0.25, 0.3) is 0 Å². The zero-order valence-corrected chi connectivity index (χ0v) is 14.2. The lowest BCUT2D eigenvalue weighted by Crippen LogP contribution is -2.32. The van der Waals surface area contributed by atoms with Gasteiger partial charge in [0.05, 0.1) is 16.8 Å². The van der Waals surface area contributed by atoms with E-state index in [2.05, 4.69) is 10.6 Å². The van der Waals surface area contributed by atoms with E-state index in [-0.39, 0.29) is 22.5 Å². The molecule has 4 nitrogen and oxygen atoms in total. The van der Waals surface area contributed by atoms with Gasteiger partial charge in [0, 0.05) is 11.1 Å². The molecule has 0 heterocycles. The van der Waals surface area contributed by atoms with Crippen molar-refractivity contribution >= 4 is 29.1 Å². The second-order valence-electron chi connectivity index (χ2n) is 5.41. The summed E-state index contributed by atoms with van der Waals surface area (Å²) >= 11 is 5.69. The zero-order valence-electron chi connectivity index (χ0n) is 13.4. The van der Waals surface area contributed by atoms with E-state index < -0.39 is 11.7 Å². The van der Waals surface area contributed by atoms with Gasteiger partial charge in [0.25, 0.3) is 11.8 Å². The number of benzene rings is 2. The van der Waals surface area contributed by atoms with Crippen LogP contribution in [-0.4, -0.2) is 17.9 Å². The number of amides is 2. The summed E-state index contributed by atoms with van der Waals surface area (Å²) < 4.78 is 13.9. The third-order valence-electron chi connectivity index (χ3n) is 3.59. The Balaban J connectivity index is 2.23. The fourth-order valence-corrected chi connectivity index (χ4v) is 2.22. The molecule has 0 aliphatic heterocycles. The zero-order chi connectivity index (χ0) is 17.7. The van der Waals surface area contributed by atoms with Crippen LogP contribution in [0.2, 0.25) is 5.02 Å². The number of hydrogen-bond acceptors (Lipinski definition) is 2. The van der Waals surface area contributed by atoms with Crippen LogP contribution >= 0.6 is 11.6 Å². The van der Waals surface area contributed by atoms with Gasteiger partial charge in [-0.3, -0.25) is 9.59 Å². The van der Waals surface area contributed by atoms with E-state index in [0.717, 1.165) is 12.5 Å². The standard InChI is InChI=1S/C18H18ClFN2O2/c1-3-11(2)21-18(24)14-6-4-5-7-16(14)22-17(23)13-9-8-12(19)10-15(13)20/h4-11H,3H2,1-2H3,(H,21,24)(H,22,23)/t11-/m1/s1. The van der Waals surface area contributed by atoms with Crippen molar-refractivity contribution in [2.24, 2.45) is 0 Å². The molecule has 0 aromatic heterocycles. The van der Waals surface area contributed by atoms with Gasteiger partial charge in [-0.15, -0.1) is 0 Å². The van der Waals surface area contributed by atoms with E-state index in [0.29, 0.717) is 11.3 Å². The maximum absolute atomic E-state index is 13.9. The van der Waals surface area contributed by atoms with Gasteiger partial charge in [-0.1, -0.05) is 30.7 Å². The fraction of sp³-hybridized carbons (Fsp3) is 0.222. The Bertz CT molecular complexity index is 764. The number of para-hydroxylation sites is 1. The monoisotopic (exact) mass is 348 g/mol. The van der Waals surface area contributed by atoms with E-state index >= 15 is 0 Å². The number of carbonyl (C=O) groups is 2. The van der Waals surface area contributed by atoms with Crippen LogP contribution in [0, 0.1) is 5.82 Å². The quantitative estimate of drug-likeness (QED) is 0.848. The van der Waals surface area contributed by atoms with Crippen LogP contribution in [0.3, 0.4) is 0 Å². The highest BCUT2D eigenvalue weighted by Crippen LogP contribution is 2.19. The normalized spacial score (nSPS) is 11.7. The molecule has 2 N–H and O–H groups in total. The predicted molar refractivity (Wildman–Crippen MR) is 93.0 cm³/mol. The van der Waals surface area contributed by atoms with E-state index in [4.69, 9.17) is 11.6 Å². The van der Waals surface area contributed by atoms with Crippen molar-refractivity contribution in [2.45, 2.75) is 26.3 Å². The fourth-order valence-electron chi connectivity index (χ4n) is 2.06. The number of nitrogens with one attached hydrogen (secondary N) is 2. The molecule has 24 heavy (non-hydrogen) atoms. The second-order valence-corrected chi connectivity index (χ2v) is 5.84. The highest BCUT2D eigenvalue weighted by atomic mass is 35.5. The smallest absolute Gasteiger partial charge is 0.258 e. The minimum atomic E-state index is -0.721. The Morgan fingerprint density at radius 1 is 1.12 bits per heavy atom. The van der Waals surface area contributed by atoms with Gasteiger partial charge in [0.1, 0.15) is 5.82 Å². The number of hydrogen-bond donors (Lipinski definition) is 2. The Kier molecular flexibility index (Phi) is 5.93. The van der Waals surface area contributed by atoms with Gasteiger partial charge >= 0.3 is 0 Å². The summed E-state index contributed by atoms with van der Waals surface area (Å²) in [6.07, 6.45) is 0.788. The highest BCUT2D eigenvalue weighted by molar-refractivity contribution is 6.30. The largest absolute Gasteiger partial charge is 0.350 e. The molecule has 0 bridgehead atoms. The summed E-state index contributed by atoms with van der Waals surface area (Å²) in [5.41, 5.74) is 0.495. The minimum absolute atomic E-state index is 0.00923. The average Bonchev–Trinajstić information content (AvgIpc) is 2.54. The molecule has 2 amide bonds. The Hall–Kier alpha value is -2.40. The number of carbonyl (C=O) groups excluding carboxylic acids is 2. The molecule has 0 saturated heterocycles. The van der Waals surface area contributed by atoms with Gasteiger partial charge in [0.15, 0.2) is 0 Å². The molecular formula is C18H18ClFN2O2. The molecule has 2 aromatic carbocycles. The summed E-state index contributed by atoms with van der Waals surface area (Å²) in [6, 6.07) is 10.4. The van der Waals surface area contributed by atoms with Gasteiger partial charge in [-0.2, -0.15) is 0 Å². The summed E-state index contributed by atoms with van der Waals surface area (Å²) in [5.74, 6) is -1.66. The molecule has 0 fully saturated rings. The minimum Gasteiger partial charge on any atom is -0.350 e. The van der Waals surface area contributed by atoms with Crippen LogP contribution in [0.4, 0.5) is 10.1 Å². The lowest BCUT2D eigenvalue weighted by Gasteiger charge is -2.14. The molecule has 126 valence electrons. The second kappa shape index (κ2) is 7.93. The van der Waals surface area contributed by atoms with E-state index in [1.54, 1.807) is 24.3 Å². The van der Waals surface area contributed by atoms with E-state index in [1.165, 1.54) is 12.1 Å². The maximum atomic E-state index is 13.9. The van der Waals surface area contributed by atoms with Gasteiger partial charge in [0.2, 0.25) is 0 Å². The molecule has 0 saturated carbocycles. The molecule has 0 radical (unpaired) electrons. The number of rotatable bonds is 5. The first-order chi connectivity index (χ1) is 11.4. The van der Waals surface area contributed by atoms with Crippen LogP contribution in [-0.2, 0) is 0 Å². The van der Waals surface area contributed by atoms with Crippen molar-refractivity contribution in [3.05, 3.63) is 64.4 Å². The van der Waals surface area contributed by atoms with Crippen molar-refractivity contribution in [2.75, 3.05) is 5.32 Å². The molecule has 0 unspecified atom stereocenters. The van der Waals surface area contributed by atoms with Gasteiger partial charge in [-0.05, 0) is 43.7 Å². The summed E-state index contributed by atoms with van der Waals surface area (Å²) in [6.45, 7) is 3.85. The molecule has 2 rings (SSSR count). The lowest BCUT2D eigenvalue weighted by atomic mass is 10.1. The summed E-state index contributed by atoms with van der Waals surface area (Å²) in [5, 5.41) is 5.62. The maximum Gasteiger partial charge on any atom is 0.258 e.